The Morgan fingerprint density at radius 1 is 0.816 bits per heavy atom. The van der Waals surface area contributed by atoms with E-state index >= 15 is 0 Å². The summed E-state index contributed by atoms with van der Waals surface area (Å²) < 4.78 is 21.9. The monoisotopic (exact) mass is 523 g/mol. The second kappa shape index (κ2) is 13.9. The van der Waals surface area contributed by atoms with E-state index in [4.69, 9.17) is 18.9 Å². The van der Waals surface area contributed by atoms with Crippen molar-refractivity contribution in [3.05, 3.63) is 53.2 Å². The van der Waals surface area contributed by atoms with Crippen molar-refractivity contribution in [2.45, 2.75) is 40.5 Å². The summed E-state index contributed by atoms with van der Waals surface area (Å²) in [6.07, 6.45) is 4.78. The molecule has 3 fully saturated rings. The van der Waals surface area contributed by atoms with Crippen LogP contribution in [-0.2, 0) is 4.79 Å². The van der Waals surface area contributed by atoms with E-state index < -0.39 is 0 Å². The van der Waals surface area contributed by atoms with Crippen molar-refractivity contribution in [2.24, 2.45) is 17.8 Å². The summed E-state index contributed by atoms with van der Waals surface area (Å²) in [6, 6.07) is 11.0. The molecule has 2 aromatic rings. The highest BCUT2D eigenvalue weighted by atomic mass is 16.5. The Morgan fingerprint density at radius 3 is 1.76 bits per heavy atom. The fraction of sp³-hybridized carbons (Fsp3) is 0.484. The first kappa shape index (κ1) is 29.1. The van der Waals surface area contributed by atoms with E-state index in [9.17, 15) is 9.59 Å². The van der Waals surface area contributed by atoms with Crippen LogP contribution in [0, 0.1) is 17.8 Å². The summed E-state index contributed by atoms with van der Waals surface area (Å²) >= 11 is 0. The molecular formula is C31H41NO6. The Labute approximate surface area is 226 Å². The molecule has 0 N–H and O–H groups in total. The minimum Gasteiger partial charge on any atom is -0.493 e. The molecule has 0 aliphatic carbocycles. The lowest BCUT2D eigenvalue weighted by atomic mass is 9.84. The predicted molar refractivity (Wildman–Crippen MR) is 149 cm³/mol. The number of methoxy groups -OCH3 is 2. The van der Waals surface area contributed by atoms with Crippen LogP contribution in [0.2, 0.25) is 0 Å². The van der Waals surface area contributed by atoms with Crippen molar-refractivity contribution in [1.29, 1.82) is 0 Å². The summed E-state index contributed by atoms with van der Waals surface area (Å²) in [5, 5.41) is 0. The molecule has 0 saturated carbocycles. The first-order valence-electron chi connectivity index (χ1n) is 13.3. The first-order valence-corrected chi connectivity index (χ1v) is 13.3. The molecule has 2 bridgehead atoms. The van der Waals surface area contributed by atoms with Crippen LogP contribution in [0.4, 0.5) is 0 Å². The Kier molecular flexibility index (Phi) is 10.6. The van der Waals surface area contributed by atoms with E-state index in [1.165, 1.54) is 0 Å². The molecule has 3 heterocycles. The largest absolute Gasteiger partial charge is 0.493 e. The van der Waals surface area contributed by atoms with E-state index in [0.717, 1.165) is 49.2 Å². The first-order chi connectivity index (χ1) is 18.2. The molecule has 3 aliphatic heterocycles. The van der Waals surface area contributed by atoms with Gasteiger partial charge in [0.1, 0.15) is 6.29 Å². The molecule has 7 heteroatoms. The van der Waals surface area contributed by atoms with Gasteiger partial charge in [0.25, 0.3) is 0 Å². The maximum atomic E-state index is 12.4. The van der Waals surface area contributed by atoms with E-state index in [-0.39, 0.29) is 5.92 Å². The van der Waals surface area contributed by atoms with Crippen LogP contribution in [0.25, 0.3) is 6.08 Å². The number of nitrogens with zero attached hydrogens (tertiary/aromatic N) is 1. The van der Waals surface area contributed by atoms with Crippen molar-refractivity contribution >= 4 is 18.1 Å². The highest BCUT2D eigenvalue weighted by Gasteiger charge is 2.36. The predicted octanol–water partition coefficient (Wildman–Crippen LogP) is 5.91. The molecule has 0 radical (unpaired) electrons. The van der Waals surface area contributed by atoms with Crippen molar-refractivity contribution in [3.63, 3.8) is 0 Å². The maximum absolute atomic E-state index is 12.4. The van der Waals surface area contributed by atoms with Crippen LogP contribution in [-0.4, -0.2) is 57.5 Å². The Hall–Kier alpha value is -3.48. The molecule has 7 nitrogen and oxygen atoms in total. The fourth-order valence-corrected chi connectivity index (χ4v) is 4.35. The van der Waals surface area contributed by atoms with Crippen LogP contribution in [0.5, 0.6) is 23.0 Å². The number of aldehydes is 1. The third-order valence-corrected chi connectivity index (χ3v) is 6.42. The minimum atomic E-state index is 0.224. The van der Waals surface area contributed by atoms with Gasteiger partial charge in [0, 0.05) is 24.6 Å². The van der Waals surface area contributed by atoms with Crippen LogP contribution < -0.4 is 18.9 Å². The van der Waals surface area contributed by atoms with Crippen LogP contribution in [0.1, 0.15) is 56.5 Å². The molecule has 0 amide bonds. The molecule has 0 spiro atoms. The third kappa shape index (κ3) is 7.76. The molecule has 5 rings (SSSR count). The second-order valence-electron chi connectivity index (χ2n) is 10.5. The minimum absolute atomic E-state index is 0.224. The van der Waals surface area contributed by atoms with Gasteiger partial charge in [0.15, 0.2) is 28.8 Å². The zero-order valence-electron chi connectivity index (χ0n) is 23.5. The smallest absolute Gasteiger partial charge is 0.182 e. The van der Waals surface area contributed by atoms with Gasteiger partial charge in [0.2, 0.25) is 0 Å². The lowest BCUT2D eigenvalue weighted by Gasteiger charge is -2.41. The molecule has 0 unspecified atom stereocenters. The second-order valence-corrected chi connectivity index (χ2v) is 10.5. The number of ketones is 1. The van der Waals surface area contributed by atoms with Crippen LogP contribution >= 0.6 is 0 Å². The van der Waals surface area contributed by atoms with Crippen molar-refractivity contribution in [2.75, 3.05) is 40.5 Å². The number of Topliss-reactive ketones (excluding diaryl/α,β-unsaturated/α-hetero) is 1. The summed E-state index contributed by atoms with van der Waals surface area (Å²) in [6.45, 7) is 11.7. The number of benzene rings is 2. The summed E-state index contributed by atoms with van der Waals surface area (Å²) in [5.41, 5.74) is 2.42. The van der Waals surface area contributed by atoms with E-state index in [1.807, 2.05) is 24.3 Å². The zero-order valence-corrected chi connectivity index (χ0v) is 23.5. The lowest BCUT2D eigenvalue weighted by molar-refractivity contribution is -0.125. The molecule has 38 heavy (non-hydrogen) atoms. The number of carbonyl (C=O) groups is 2. The van der Waals surface area contributed by atoms with Gasteiger partial charge in [-0.25, -0.2) is 0 Å². The highest BCUT2D eigenvalue weighted by Crippen LogP contribution is 2.34. The van der Waals surface area contributed by atoms with Gasteiger partial charge in [-0.15, -0.1) is 0 Å². The Bertz CT molecular complexity index is 1120. The molecule has 0 atom stereocenters. The van der Waals surface area contributed by atoms with Crippen molar-refractivity contribution < 1.29 is 28.5 Å². The van der Waals surface area contributed by atoms with Crippen LogP contribution in [0.3, 0.4) is 0 Å². The molecular weight excluding hydrogens is 482 g/mol. The number of ether oxygens (including phenoxy) is 4. The third-order valence-electron chi connectivity index (χ3n) is 6.42. The van der Waals surface area contributed by atoms with Gasteiger partial charge in [-0.3, -0.25) is 9.59 Å². The Balaban J connectivity index is 0.000000232. The van der Waals surface area contributed by atoms with Gasteiger partial charge < -0.3 is 23.8 Å². The van der Waals surface area contributed by atoms with Crippen LogP contribution in [0.15, 0.2) is 42.1 Å². The van der Waals surface area contributed by atoms with E-state index in [1.54, 1.807) is 32.4 Å². The number of fused-ring (bicyclic) bond motifs is 3. The molecule has 0 aromatic heterocycles. The zero-order chi connectivity index (χ0) is 27.7. The number of hydrogen-bond donors (Lipinski definition) is 0. The maximum Gasteiger partial charge on any atom is 0.182 e. The van der Waals surface area contributed by atoms with E-state index in [2.05, 4.69) is 32.6 Å². The average Bonchev–Trinajstić information content (AvgIpc) is 2.93. The van der Waals surface area contributed by atoms with Gasteiger partial charge >= 0.3 is 0 Å². The SMILES string of the molecule is COc1cc(C=C2C(=O)C3CCN2CC3)ccc1OCC(C)C.COc1cc(C=O)ccc1OCC(C)C. The standard InChI is InChI=1S/C19H25NO3.C12H16O3/c1-13(2)12-23-17-5-4-14(11-18(17)22-3)10-16-19(21)15-6-8-20(16)9-7-15;1-9(2)8-15-11-5-4-10(7-13)6-12(11)14-3/h4-5,10-11,13,15H,6-9,12H2,1-3H3;4-7,9H,8H2,1-3H3. The molecule has 3 aliphatic rings. The highest BCUT2D eigenvalue weighted by molar-refractivity contribution is 6.02. The quantitative estimate of drug-likeness (QED) is 0.283. The number of rotatable bonds is 10. The van der Waals surface area contributed by atoms with Crippen molar-refractivity contribution in [3.8, 4) is 23.0 Å². The average molecular weight is 524 g/mol. The summed E-state index contributed by atoms with van der Waals surface area (Å²) in [5.74, 6) is 4.18. The summed E-state index contributed by atoms with van der Waals surface area (Å²) in [4.78, 5) is 25.2. The summed E-state index contributed by atoms with van der Waals surface area (Å²) in [7, 11) is 3.21. The number of carbonyl (C=O) groups excluding carboxylic acids is 2. The van der Waals surface area contributed by atoms with Crippen molar-refractivity contribution in [1.82, 2.24) is 4.90 Å². The normalized spacial score (nSPS) is 15.9. The van der Waals surface area contributed by atoms with Gasteiger partial charge in [-0.1, -0.05) is 33.8 Å². The Morgan fingerprint density at radius 2 is 1.32 bits per heavy atom. The lowest BCUT2D eigenvalue weighted by Crippen LogP contribution is -2.45. The topological polar surface area (TPSA) is 74.3 Å². The van der Waals surface area contributed by atoms with Gasteiger partial charge in [-0.2, -0.15) is 0 Å². The molecule has 2 aromatic carbocycles. The van der Waals surface area contributed by atoms with E-state index in [0.29, 0.717) is 53.6 Å². The number of allylic oxidation sites excluding steroid dienone is 1. The molecule has 3 saturated heterocycles. The number of hydrogen-bond acceptors (Lipinski definition) is 7. The van der Waals surface area contributed by atoms with Gasteiger partial charge in [0.05, 0.1) is 33.1 Å². The molecule has 206 valence electrons. The van der Waals surface area contributed by atoms with Gasteiger partial charge in [-0.05, 0) is 66.6 Å². The fourth-order valence-electron chi connectivity index (χ4n) is 4.35. The number of piperidine rings is 3.